The molecule has 2 aromatic heterocycles. The van der Waals surface area contributed by atoms with Gasteiger partial charge in [0, 0.05) is 12.4 Å². The Kier molecular flexibility index (Phi) is 6.28. The van der Waals surface area contributed by atoms with Crippen LogP contribution in [0.4, 0.5) is 11.4 Å². The molecular weight excluding hydrogens is 408 g/mol. The number of thiocarbonyl (C=S) groups is 1. The smallest absolute Gasteiger partial charge is 0.175 e. The second-order valence-electron chi connectivity index (χ2n) is 7.21. The van der Waals surface area contributed by atoms with E-state index in [2.05, 4.69) is 39.9 Å². The summed E-state index contributed by atoms with van der Waals surface area (Å²) in [5.41, 5.74) is 5.23. The fraction of sp³-hybridized carbons (Fsp3) is 0.174. The molecule has 2 N–H and O–H groups in total. The van der Waals surface area contributed by atoms with E-state index in [0.717, 1.165) is 22.7 Å². The van der Waals surface area contributed by atoms with Gasteiger partial charge in [0.05, 0.1) is 44.0 Å². The maximum atomic E-state index is 5.44. The van der Waals surface area contributed by atoms with Gasteiger partial charge in [-0.3, -0.25) is 9.36 Å². The van der Waals surface area contributed by atoms with Crippen molar-refractivity contribution in [2.75, 3.05) is 17.7 Å². The number of aryl methyl sites for hydroxylation is 1. The van der Waals surface area contributed by atoms with Gasteiger partial charge in [0.15, 0.2) is 5.11 Å². The first-order valence-corrected chi connectivity index (χ1v) is 10.3. The van der Waals surface area contributed by atoms with E-state index in [9.17, 15) is 0 Å². The van der Waals surface area contributed by atoms with E-state index in [4.69, 9.17) is 17.0 Å². The number of hydrogen-bond donors (Lipinski definition) is 2. The number of rotatable bonds is 7. The number of nitrogens with one attached hydrogen (secondary N) is 2. The Morgan fingerprint density at radius 3 is 2.29 bits per heavy atom. The summed E-state index contributed by atoms with van der Waals surface area (Å²) in [6.45, 7) is 3.46. The molecule has 0 amide bonds. The minimum Gasteiger partial charge on any atom is -0.497 e. The van der Waals surface area contributed by atoms with Crippen LogP contribution in [0, 0.1) is 6.92 Å². The fourth-order valence-corrected chi connectivity index (χ4v) is 3.48. The summed E-state index contributed by atoms with van der Waals surface area (Å²) in [5.74, 6) is 0.830. The number of hydrogen-bond acceptors (Lipinski definition) is 4. The highest BCUT2D eigenvalue weighted by Crippen LogP contribution is 2.15. The highest BCUT2D eigenvalue weighted by molar-refractivity contribution is 7.80. The van der Waals surface area contributed by atoms with Crippen LogP contribution in [0.5, 0.6) is 5.75 Å². The van der Waals surface area contributed by atoms with E-state index in [-0.39, 0.29) is 0 Å². The monoisotopic (exact) mass is 432 g/mol. The van der Waals surface area contributed by atoms with Crippen LogP contribution in [0.1, 0.15) is 16.7 Å². The molecule has 0 aliphatic heterocycles. The summed E-state index contributed by atoms with van der Waals surface area (Å²) >= 11 is 5.44. The van der Waals surface area contributed by atoms with Gasteiger partial charge in [0.1, 0.15) is 5.75 Å². The minimum atomic E-state index is 0.483. The third kappa shape index (κ3) is 5.49. The van der Waals surface area contributed by atoms with Crippen molar-refractivity contribution in [1.82, 2.24) is 19.6 Å². The quantitative estimate of drug-likeness (QED) is 0.425. The molecule has 31 heavy (non-hydrogen) atoms. The third-order valence-corrected chi connectivity index (χ3v) is 5.06. The Labute approximate surface area is 186 Å². The number of anilines is 2. The van der Waals surface area contributed by atoms with Gasteiger partial charge in [-0.15, -0.1) is 0 Å². The number of benzene rings is 2. The number of aromatic nitrogens is 4. The Hall–Kier alpha value is -3.65. The highest BCUT2D eigenvalue weighted by atomic mass is 32.1. The lowest BCUT2D eigenvalue weighted by Crippen LogP contribution is -2.18. The second kappa shape index (κ2) is 9.44. The van der Waals surface area contributed by atoms with Crippen LogP contribution in [0.25, 0.3) is 0 Å². The van der Waals surface area contributed by atoms with Crippen LogP contribution in [0.15, 0.2) is 73.3 Å². The van der Waals surface area contributed by atoms with Crippen molar-refractivity contribution in [2.45, 2.75) is 20.0 Å². The largest absolute Gasteiger partial charge is 0.497 e. The van der Waals surface area contributed by atoms with Gasteiger partial charge >= 0.3 is 0 Å². The average Bonchev–Trinajstić information content (AvgIpc) is 3.39. The van der Waals surface area contributed by atoms with Crippen LogP contribution in [-0.2, 0) is 13.1 Å². The number of methoxy groups -OCH3 is 1. The Morgan fingerprint density at radius 2 is 1.61 bits per heavy atom. The van der Waals surface area contributed by atoms with Crippen molar-refractivity contribution < 1.29 is 4.74 Å². The molecule has 0 spiro atoms. The average molecular weight is 433 g/mol. The number of ether oxygens (including phenoxy) is 1. The van der Waals surface area contributed by atoms with Gasteiger partial charge in [-0.25, -0.2) is 0 Å². The first kappa shape index (κ1) is 20.6. The molecule has 2 aromatic carbocycles. The zero-order valence-corrected chi connectivity index (χ0v) is 18.3. The predicted molar refractivity (Wildman–Crippen MR) is 127 cm³/mol. The fourth-order valence-electron chi connectivity index (χ4n) is 3.24. The molecule has 4 aromatic rings. The normalized spacial score (nSPS) is 10.6. The van der Waals surface area contributed by atoms with E-state index in [1.807, 2.05) is 58.2 Å². The van der Waals surface area contributed by atoms with E-state index in [0.29, 0.717) is 18.2 Å². The molecular formula is C23H24N6OS. The van der Waals surface area contributed by atoms with E-state index in [1.165, 1.54) is 11.1 Å². The van der Waals surface area contributed by atoms with Crippen LogP contribution in [-0.4, -0.2) is 31.8 Å². The van der Waals surface area contributed by atoms with Crippen molar-refractivity contribution in [1.29, 1.82) is 0 Å². The molecule has 0 atom stereocenters. The molecule has 2 heterocycles. The topological polar surface area (TPSA) is 68.9 Å². The maximum absolute atomic E-state index is 5.44. The lowest BCUT2D eigenvalue weighted by Gasteiger charge is -2.07. The summed E-state index contributed by atoms with van der Waals surface area (Å²) in [6, 6.07) is 16.2. The summed E-state index contributed by atoms with van der Waals surface area (Å²) < 4.78 is 9.01. The van der Waals surface area contributed by atoms with E-state index in [1.54, 1.807) is 19.5 Å². The molecule has 0 aliphatic carbocycles. The lowest BCUT2D eigenvalue weighted by atomic mass is 10.1. The molecule has 0 radical (unpaired) electrons. The van der Waals surface area contributed by atoms with Crippen LogP contribution >= 0.6 is 12.2 Å². The molecule has 0 aliphatic rings. The van der Waals surface area contributed by atoms with Gasteiger partial charge in [0.25, 0.3) is 0 Å². The van der Waals surface area contributed by atoms with Gasteiger partial charge in [-0.1, -0.05) is 36.4 Å². The molecule has 0 fully saturated rings. The first-order chi connectivity index (χ1) is 15.1. The summed E-state index contributed by atoms with van der Waals surface area (Å²) in [5, 5.41) is 15.6. The van der Waals surface area contributed by atoms with Crippen LogP contribution in [0.3, 0.4) is 0 Å². The molecule has 0 saturated heterocycles. The van der Waals surface area contributed by atoms with Crippen LogP contribution < -0.4 is 15.4 Å². The van der Waals surface area contributed by atoms with Crippen molar-refractivity contribution in [3.05, 3.63) is 90.0 Å². The Bertz CT molecular complexity index is 1180. The van der Waals surface area contributed by atoms with Gasteiger partial charge < -0.3 is 15.4 Å². The van der Waals surface area contributed by atoms with Crippen molar-refractivity contribution >= 4 is 28.7 Å². The van der Waals surface area contributed by atoms with Crippen molar-refractivity contribution in [3.8, 4) is 5.75 Å². The zero-order valence-electron chi connectivity index (χ0n) is 17.4. The van der Waals surface area contributed by atoms with Crippen molar-refractivity contribution in [2.24, 2.45) is 0 Å². The molecule has 7 nitrogen and oxygen atoms in total. The standard InChI is InChI=1S/C23H24N6OS/c1-17-6-3-4-8-19(17)14-29-16-21(12-25-29)27-23(31)26-20-11-24-28(15-20)13-18-7-5-9-22(10-18)30-2/h3-12,15-16H,13-14H2,1-2H3,(H2,26,27,31). The van der Waals surface area contributed by atoms with Crippen LogP contribution in [0.2, 0.25) is 0 Å². The molecule has 158 valence electrons. The predicted octanol–water partition coefficient (Wildman–Crippen LogP) is 4.30. The Morgan fingerprint density at radius 1 is 0.935 bits per heavy atom. The number of nitrogens with zero attached hydrogens (tertiary/aromatic N) is 4. The minimum absolute atomic E-state index is 0.483. The molecule has 0 unspecified atom stereocenters. The second-order valence-corrected chi connectivity index (χ2v) is 7.62. The highest BCUT2D eigenvalue weighted by Gasteiger charge is 2.06. The van der Waals surface area contributed by atoms with Crippen molar-refractivity contribution in [3.63, 3.8) is 0 Å². The maximum Gasteiger partial charge on any atom is 0.175 e. The summed E-state index contributed by atoms with van der Waals surface area (Å²) in [4.78, 5) is 0. The van der Waals surface area contributed by atoms with Gasteiger partial charge in [-0.2, -0.15) is 10.2 Å². The van der Waals surface area contributed by atoms with Gasteiger partial charge in [-0.05, 0) is 48.0 Å². The zero-order chi connectivity index (χ0) is 21.6. The SMILES string of the molecule is COc1cccc(Cn2cc(NC(=S)Nc3cnn(Cc4ccccc4C)c3)cn2)c1. The first-order valence-electron chi connectivity index (χ1n) is 9.89. The van der Waals surface area contributed by atoms with Gasteiger partial charge in [0.2, 0.25) is 0 Å². The molecule has 0 saturated carbocycles. The van der Waals surface area contributed by atoms with E-state index < -0.39 is 0 Å². The third-order valence-electron chi connectivity index (χ3n) is 4.85. The summed E-state index contributed by atoms with van der Waals surface area (Å²) in [6.07, 6.45) is 7.36. The Balaban J connectivity index is 1.32. The molecule has 8 heteroatoms. The molecule has 0 bridgehead atoms. The lowest BCUT2D eigenvalue weighted by molar-refractivity contribution is 0.414. The summed E-state index contributed by atoms with van der Waals surface area (Å²) in [7, 11) is 1.66. The molecule has 4 rings (SSSR count). The van der Waals surface area contributed by atoms with E-state index >= 15 is 0 Å².